The third-order valence-electron chi connectivity index (χ3n) is 5.40. The molecule has 120 valence electrons. The SMILES string of the molecule is CCC(C)(C)NC(=O)C(C)N1CC2CCCC2C1C(=O)O. The molecule has 21 heavy (non-hydrogen) atoms. The Morgan fingerprint density at radius 1 is 1.38 bits per heavy atom. The van der Waals surface area contributed by atoms with E-state index in [0.717, 1.165) is 32.2 Å². The molecular weight excluding hydrogens is 268 g/mol. The molecule has 0 aromatic rings. The van der Waals surface area contributed by atoms with Gasteiger partial charge in [-0.15, -0.1) is 0 Å². The maximum Gasteiger partial charge on any atom is 0.321 e. The Balaban J connectivity index is 2.09. The lowest BCUT2D eigenvalue weighted by atomic mass is 9.94. The van der Waals surface area contributed by atoms with Crippen LogP contribution in [-0.4, -0.2) is 46.1 Å². The minimum atomic E-state index is -0.779. The van der Waals surface area contributed by atoms with Crippen molar-refractivity contribution in [2.75, 3.05) is 6.54 Å². The molecule has 5 nitrogen and oxygen atoms in total. The summed E-state index contributed by atoms with van der Waals surface area (Å²) in [5.74, 6) is -0.177. The zero-order valence-electron chi connectivity index (χ0n) is 13.6. The number of nitrogens with one attached hydrogen (secondary N) is 1. The van der Waals surface area contributed by atoms with Crippen molar-refractivity contribution in [2.24, 2.45) is 11.8 Å². The molecule has 2 rings (SSSR count). The second kappa shape index (κ2) is 5.95. The molecule has 1 aliphatic carbocycles. The fraction of sp³-hybridized carbons (Fsp3) is 0.875. The molecule has 4 unspecified atom stereocenters. The molecule has 0 aromatic carbocycles. The van der Waals surface area contributed by atoms with Gasteiger partial charge in [-0.2, -0.15) is 0 Å². The molecule has 1 aliphatic heterocycles. The van der Waals surface area contributed by atoms with E-state index in [1.54, 1.807) is 0 Å². The maximum absolute atomic E-state index is 12.4. The van der Waals surface area contributed by atoms with Crippen LogP contribution >= 0.6 is 0 Å². The molecule has 2 N–H and O–H groups in total. The van der Waals surface area contributed by atoms with Gasteiger partial charge in [-0.1, -0.05) is 13.3 Å². The van der Waals surface area contributed by atoms with E-state index in [-0.39, 0.29) is 23.4 Å². The third-order valence-corrected chi connectivity index (χ3v) is 5.40. The number of carbonyl (C=O) groups is 2. The molecule has 2 aliphatic rings. The van der Waals surface area contributed by atoms with Crippen LogP contribution in [0.1, 0.15) is 53.4 Å². The number of aliphatic carboxylic acids is 1. The number of hydrogen-bond acceptors (Lipinski definition) is 3. The van der Waals surface area contributed by atoms with Gasteiger partial charge >= 0.3 is 5.97 Å². The Kier molecular flexibility index (Phi) is 4.61. The molecule has 1 saturated carbocycles. The molecule has 0 aromatic heterocycles. The topological polar surface area (TPSA) is 69.6 Å². The summed E-state index contributed by atoms with van der Waals surface area (Å²) in [5, 5.41) is 12.6. The molecule has 0 spiro atoms. The van der Waals surface area contributed by atoms with Gasteiger partial charge in [0.25, 0.3) is 0 Å². The zero-order chi connectivity index (χ0) is 15.8. The van der Waals surface area contributed by atoms with Gasteiger partial charge in [0, 0.05) is 12.1 Å². The van der Waals surface area contributed by atoms with Crippen molar-refractivity contribution in [3.05, 3.63) is 0 Å². The lowest BCUT2D eigenvalue weighted by Crippen LogP contribution is -2.54. The molecule has 0 radical (unpaired) electrons. The van der Waals surface area contributed by atoms with Gasteiger partial charge in [0.1, 0.15) is 6.04 Å². The van der Waals surface area contributed by atoms with Crippen molar-refractivity contribution in [3.8, 4) is 0 Å². The van der Waals surface area contributed by atoms with Crippen molar-refractivity contribution in [1.29, 1.82) is 0 Å². The normalized spacial score (nSPS) is 31.0. The predicted octanol–water partition coefficient (Wildman–Crippen LogP) is 1.86. The summed E-state index contributed by atoms with van der Waals surface area (Å²) >= 11 is 0. The molecule has 4 atom stereocenters. The average molecular weight is 296 g/mol. The van der Waals surface area contributed by atoms with E-state index in [2.05, 4.69) is 5.32 Å². The highest BCUT2D eigenvalue weighted by Crippen LogP contribution is 2.43. The third kappa shape index (κ3) is 3.23. The smallest absolute Gasteiger partial charge is 0.321 e. The second-order valence-corrected chi connectivity index (χ2v) is 7.24. The van der Waals surface area contributed by atoms with E-state index in [1.807, 2.05) is 32.6 Å². The fourth-order valence-electron chi connectivity index (χ4n) is 3.74. The first-order valence-electron chi connectivity index (χ1n) is 8.07. The number of likely N-dealkylation sites (tertiary alicyclic amines) is 1. The number of amides is 1. The number of carboxylic acids is 1. The number of hydrogen-bond donors (Lipinski definition) is 2. The fourth-order valence-corrected chi connectivity index (χ4v) is 3.74. The highest BCUT2D eigenvalue weighted by molar-refractivity contribution is 5.83. The molecule has 5 heteroatoms. The average Bonchev–Trinajstić information content (AvgIpc) is 2.96. The number of fused-ring (bicyclic) bond motifs is 1. The predicted molar refractivity (Wildman–Crippen MR) is 80.9 cm³/mol. The van der Waals surface area contributed by atoms with E-state index < -0.39 is 12.0 Å². The summed E-state index contributed by atoms with van der Waals surface area (Å²) < 4.78 is 0. The van der Waals surface area contributed by atoms with Crippen LogP contribution in [0.3, 0.4) is 0 Å². The lowest BCUT2D eigenvalue weighted by molar-refractivity contribution is -0.145. The summed E-state index contributed by atoms with van der Waals surface area (Å²) in [7, 11) is 0. The van der Waals surface area contributed by atoms with Crippen molar-refractivity contribution in [2.45, 2.75) is 71.0 Å². The highest BCUT2D eigenvalue weighted by atomic mass is 16.4. The minimum Gasteiger partial charge on any atom is -0.480 e. The Morgan fingerprint density at radius 3 is 2.62 bits per heavy atom. The van der Waals surface area contributed by atoms with Crippen LogP contribution in [-0.2, 0) is 9.59 Å². The van der Waals surface area contributed by atoms with Crippen molar-refractivity contribution in [1.82, 2.24) is 10.2 Å². The molecule has 1 heterocycles. The van der Waals surface area contributed by atoms with Crippen LogP contribution in [0.15, 0.2) is 0 Å². The van der Waals surface area contributed by atoms with Gasteiger partial charge in [-0.25, -0.2) is 0 Å². The van der Waals surface area contributed by atoms with E-state index in [1.165, 1.54) is 0 Å². The quantitative estimate of drug-likeness (QED) is 0.812. The summed E-state index contributed by atoms with van der Waals surface area (Å²) in [4.78, 5) is 26.0. The highest BCUT2D eigenvalue weighted by Gasteiger charge is 2.50. The summed E-state index contributed by atoms with van der Waals surface area (Å²) in [5.41, 5.74) is -0.250. The Bertz CT molecular complexity index is 422. The standard InChI is InChI=1S/C16H28N2O3/c1-5-16(3,4)17-14(19)10(2)18-9-11-7-6-8-12(11)13(18)15(20)21/h10-13H,5-9H2,1-4H3,(H,17,19)(H,20,21). The number of nitrogens with zero attached hydrogens (tertiary/aromatic N) is 1. The molecular formula is C16H28N2O3. The van der Waals surface area contributed by atoms with E-state index >= 15 is 0 Å². The van der Waals surface area contributed by atoms with Crippen molar-refractivity contribution in [3.63, 3.8) is 0 Å². The number of carboxylic acid groups (broad SMARTS) is 1. The van der Waals surface area contributed by atoms with Gasteiger partial charge in [0.15, 0.2) is 0 Å². The van der Waals surface area contributed by atoms with E-state index in [4.69, 9.17) is 0 Å². The lowest BCUT2D eigenvalue weighted by Gasteiger charge is -2.32. The second-order valence-electron chi connectivity index (χ2n) is 7.24. The molecule has 1 saturated heterocycles. The summed E-state index contributed by atoms with van der Waals surface area (Å²) in [6.45, 7) is 8.59. The zero-order valence-corrected chi connectivity index (χ0v) is 13.6. The molecule has 1 amide bonds. The van der Waals surface area contributed by atoms with Crippen LogP contribution in [0.4, 0.5) is 0 Å². The van der Waals surface area contributed by atoms with Crippen LogP contribution in [0.5, 0.6) is 0 Å². The number of carbonyl (C=O) groups excluding carboxylic acids is 1. The van der Waals surface area contributed by atoms with E-state index in [9.17, 15) is 14.7 Å². The monoisotopic (exact) mass is 296 g/mol. The largest absolute Gasteiger partial charge is 0.480 e. The van der Waals surface area contributed by atoms with Gasteiger partial charge in [0.05, 0.1) is 6.04 Å². The van der Waals surface area contributed by atoms with Crippen LogP contribution in [0, 0.1) is 11.8 Å². The first-order valence-corrected chi connectivity index (χ1v) is 8.07. The van der Waals surface area contributed by atoms with Crippen LogP contribution < -0.4 is 5.32 Å². The first kappa shape index (κ1) is 16.3. The van der Waals surface area contributed by atoms with Crippen molar-refractivity contribution < 1.29 is 14.7 Å². The van der Waals surface area contributed by atoms with Crippen LogP contribution in [0.2, 0.25) is 0 Å². The molecule has 2 fully saturated rings. The Hall–Kier alpha value is -1.10. The van der Waals surface area contributed by atoms with Crippen LogP contribution in [0.25, 0.3) is 0 Å². The molecule has 0 bridgehead atoms. The Labute approximate surface area is 127 Å². The number of rotatable bonds is 5. The van der Waals surface area contributed by atoms with E-state index in [0.29, 0.717) is 5.92 Å². The van der Waals surface area contributed by atoms with Gasteiger partial charge < -0.3 is 10.4 Å². The van der Waals surface area contributed by atoms with Gasteiger partial charge in [-0.3, -0.25) is 14.5 Å². The van der Waals surface area contributed by atoms with Gasteiger partial charge in [-0.05, 0) is 51.9 Å². The Morgan fingerprint density at radius 2 is 2.05 bits per heavy atom. The maximum atomic E-state index is 12.4. The minimum absolute atomic E-state index is 0.0620. The summed E-state index contributed by atoms with van der Waals surface area (Å²) in [6, 6.07) is -0.884. The van der Waals surface area contributed by atoms with Gasteiger partial charge in [0.2, 0.25) is 5.91 Å². The first-order chi connectivity index (χ1) is 9.76. The van der Waals surface area contributed by atoms with Crippen molar-refractivity contribution >= 4 is 11.9 Å². The summed E-state index contributed by atoms with van der Waals surface area (Å²) in [6.07, 6.45) is 4.04.